The minimum absolute atomic E-state index is 0.147. The largest absolute Gasteiger partial charge is 0.496 e. The van der Waals surface area contributed by atoms with Gasteiger partial charge >= 0.3 is 0 Å². The van der Waals surface area contributed by atoms with Crippen LogP contribution in [-0.2, 0) is 4.79 Å². The smallest absolute Gasteiger partial charge is 0.247 e. The number of benzene rings is 1. The Kier molecular flexibility index (Phi) is 5.27. The van der Waals surface area contributed by atoms with Crippen molar-refractivity contribution in [2.24, 2.45) is 11.7 Å². The molecule has 3 unspecified atom stereocenters. The van der Waals surface area contributed by atoms with Crippen LogP contribution < -0.4 is 20.5 Å². The van der Waals surface area contributed by atoms with E-state index >= 15 is 0 Å². The zero-order valence-corrected chi connectivity index (χ0v) is 17.5. The van der Waals surface area contributed by atoms with Crippen LogP contribution in [0.25, 0.3) is 0 Å². The number of allylic oxidation sites excluding steroid dienone is 1. The van der Waals surface area contributed by atoms with Crippen LogP contribution in [0.2, 0.25) is 0 Å². The molecule has 1 aliphatic carbocycles. The molecule has 0 bridgehead atoms. The molecule has 0 radical (unpaired) electrons. The van der Waals surface area contributed by atoms with Crippen molar-refractivity contribution in [1.82, 2.24) is 4.98 Å². The Bertz CT molecular complexity index is 1140. The third-order valence-electron chi connectivity index (χ3n) is 5.77. The maximum atomic E-state index is 13.4. The molecule has 1 fully saturated rings. The number of hydrogen-bond acceptors (Lipinski definition) is 6. The van der Waals surface area contributed by atoms with Crippen LogP contribution in [0, 0.1) is 24.2 Å². The van der Waals surface area contributed by atoms with Crippen molar-refractivity contribution in [2.45, 2.75) is 32.4 Å². The second kappa shape index (κ2) is 7.91. The van der Waals surface area contributed by atoms with Gasteiger partial charge in [-0.3, -0.25) is 4.79 Å². The van der Waals surface area contributed by atoms with Gasteiger partial charge in [0.2, 0.25) is 11.8 Å². The molecule has 2 aromatic rings. The maximum absolute atomic E-state index is 13.4. The number of carbonyl (C=O) groups excluding carboxylic acids is 1. The number of nitrogens with zero attached hydrogens (tertiary/aromatic N) is 2. The summed E-state index contributed by atoms with van der Waals surface area (Å²) in [5.74, 6) is -0.604. The molecule has 3 atom stereocenters. The summed E-state index contributed by atoms with van der Waals surface area (Å²) in [4.78, 5) is 17.0. The number of aryl methyl sites for hydroxylation is 1. The third-order valence-corrected chi connectivity index (χ3v) is 5.77. The van der Waals surface area contributed by atoms with Gasteiger partial charge in [0.15, 0.2) is 0 Å². The van der Waals surface area contributed by atoms with Crippen LogP contribution in [0.3, 0.4) is 0 Å². The average molecular weight is 422 g/mol. The average Bonchev–Trinajstić information content (AvgIpc) is 3.47. The molecule has 1 aromatic carbocycles. The first-order chi connectivity index (χ1) is 14.8. The van der Waals surface area contributed by atoms with Crippen LogP contribution in [0.5, 0.6) is 11.6 Å². The van der Waals surface area contributed by atoms with Crippen LogP contribution in [0.15, 0.2) is 35.7 Å². The molecule has 2 aliphatic rings. The summed E-state index contributed by atoms with van der Waals surface area (Å²) >= 11 is 0. The molecule has 2 heterocycles. The van der Waals surface area contributed by atoms with Gasteiger partial charge in [-0.15, -0.1) is 0 Å². The quantitative estimate of drug-likeness (QED) is 0.739. The molecule has 3 N–H and O–H groups in total. The highest BCUT2D eigenvalue weighted by Crippen LogP contribution is 2.49. The minimum Gasteiger partial charge on any atom is -0.496 e. The van der Waals surface area contributed by atoms with E-state index in [0.29, 0.717) is 46.0 Å². The molecule has 0 saturated heterocycles. The number of halogens is 1. The van der Waals surface area contributed by atoms with E-state index in [4.69, 9.17) is 15.2 Å². The van der Waals surface area contributed by atoms with Crippen LogP contribution in [-0.4, -0.2) is 30.8 Å². The lowest BCUT2D eigenvalue weighted by atomic mass is 9.79. The number of alkyl halides is 1. The number of nitriles is 1. The zero-order valence-electron chi connectivity index (χ0n) is 17.5. The predicted octanol–water partition coefficient (Wildman–Crippen LogP) is 3.32. The predicted molar refractivity (Wildman–Crippen MR) is 113 cm³/mol. The number of methoxy groups -OCH3 is 1. The van der Waals surface area contributed by atoms with Crippen molar-refractivity contribution >= 4 is 11.6 Å². The summed E-state index contributed by atoms with van der Waals surface area (Å²) in [6.45, 7) is 3.89. The van der Waals surface area contributed by atoms with Gasteiger partial charge in [0.05, 0.1) is 42.5 Å². The van der Waals surface area contributed by atoms with E-state index < -0.39 is 18.0 Å². The summed E-state index contributed by atoms with van der Waals surface area (Å²) in [6.07, 6.45) is 1.30. The van der Waals surface area contributed by atoms with Gasteiger partial charge in [-0.2, -0.15) is 5.26 Å². The Morgan fingerprint density at radius 2 is 2.16 bits per heavy atom. The second-order valence-corrected chi connectivity index (χ2v) is 7.89. The summed E-state index contributed by atoms with van der Waals surface area (Å²) in [7, 11) is 1.50. The number of pyridine rings is 1. The number of amides is 1. The van der Waals surface area contributed by atoms with Gasteiger partial charge in [0.1, 0.15) is 11.9 Å². The summed E-state index contributed by atoms with van der Waals surface area (Å²) in [6, 6.07) is 7.12. The van der Waals surface area contributed by atoms with Crippen molar-refractivity contribution in [1.29, 1.82) is 5.26 Å². The number of ether oxygens (including phenoxy) is 2. The number of nitrogens with one attached hydrogen (secondary N) is 1. The van der Waals surface area contributed by atoms with Crippen molar-refractivity contribution in [2.75, 3.05) is 19.0 Å². The number of primary amides is 1. The first-order valence-electron chi connectivity index (χ1n) is 9.97. The van der Waals surface area contributed by atoms with E-state index in [2.05, 4.69) is 16.4 Å². The topological polar surface area (TPSA) is 110 Å². The summed E-state index contributed by atoms with van der Waals surface area (Å²) in [5.41, 5.74) is 10.1. The molecule has 0 spiro atoms. The highest BCUT2D eigenvalue weighted by atomic mass is 19.1. The molecule has 160 valence electrons. The van der Waals surface area contributed by atoms with Gasteiger partial charge < -0.3 is 20.5 Å². The SMILES string of the molecule is COc1cc(C#N)ccc1C1C(C(N)=O)=C(C)Nc2c(C)cnc(OCC3CC3F)c21. The fourth-order valence-electron chi connectivity index (χ4n) is 4.00. The van der Waals surface area contributed by atoms with Crippen LogP contribution in [0.4, 0.5) is 10.1 Å². The molecule has 4 rings (SSSR count). The lowest BCUT2D eigenvalue weighted by molar-refractivity contribution is -0.114. The highest BCUT2D eigenvalue weighted by Gasteiger charge is 2.40. The molecule has 1 aliphatic heterocycles. The van der Waals surface area contributed by atoms with E-state index in [0.717, 1.165) is 11.3 Å². The van der Waals surface area contributed by atoms with Crippen molar-refractivity contribution < 1.29 is 18.7 Å². The lowest BCUT2D eigenvalue weighted by Crippen LogP contribution is -2.29. The van der Waals surface area contributed by atoms with Gasteiger partial charge in [-0.1, -0.05) is 6.07 Å². The first-order valence-corrected chi connectivity index (χ1v) is 9.97. The molecular formula is C23H23FN4O3. The molecule has 8 heteroatoms. The van der Waals surface area contributed by atoms with Crippen LogP contribution >= 0.6 is 0 Å². The Hall–Kier alpha value is -3.60. The number of carbonyl (C=O) groups is 1. The number of hydrogen-bond donors (Lipinski definition) is 2. The highest BCUT2D eigenvalue weighted by molar-refractivity contribution is 5.98. The Morgan fingerprint density at radius 3 is 2.77 bits per heavy atom. The van der Waals surface area contributed by atoms with Crippen molar-refractivity contribution in [3.63, 3.8) is 0 Å². The van der Waals surface area contributed by atoms with Gasteiger partial charge in [-0.05, 0) is 38.0 Å². The Morgan fingerprint density at radius 1 is 1.42 bits per heavy atom. The lowest BCUT2D eigenvalue weighted by Gasteiger charge is -2.32. The maximum Gasteiger partial charge on any atom is 0.247 e. The van der Waals surface area contributed by atoms with E-state index in [1.807, 2.05) is 6.92 Å². The first kappa shape index (κ1) is 20.7. The minimum atomic E-state index is -0.850. The number of anilines is 1. The molecule has 1 amide bonds. The van der Waals surface area contributed by atoms with Gasteiger partial charge in [0, 0.05) is 28.9 Å². The number of aromatic nitrogens is 1. The second-order valence-electron chi connectivity index (χ2n) is 7.89. The van der Waals surface area contributed by atoms with Crippen molar-refractivity contribution in [3.05, 3.63) is 57.9 Å². The fourth-order valence-corrected chi connectivity index (χ4v) is 4.00. The van der Waals surface area contributed by atoms with Gasteiger partial charge in [-0.25, -0.2) is 9.37 Å². The normalized spacial score (nSPS) is 21.6. The molecular weight excluding hydrogens is 399 g/mol. The molecule has 1 saturated carbocycles. The Balaban J connectivity index is 1.92. The van der Waals surface area contributed by atoms with E-state index in [9.17, 15) is 14.4 Å². The molecule has 7 nitrogen and oxygen atoms in total. The fraction of sp³-hybridized carbons (Fsp3) is 0.348. The molecule has 1 aromatic heterocycles. The molecule has 31 heavy (non-hydrogen) atoms. The van der Waals surface area contributed by atoms with Gasteiger partial charge in [0.25, 0.3) is 0 Å². The number of fused-ring (bicyclic) bond motifs is 1. The van der Waals surface area contributed by atoms with E-state index in [-0.39, 0.29) is 12.5 Å². The number of rotatable bonds is 6. The monoisotopic (exact) mass is 422 g/mol. The Labute approximate surface area is 179 Å². The third kappa shape index (κ3) is 3.67. The summed E-state index contributed by atoms with van der Waals surface area (Å²) < 4.78 is 24.9. The standard InChI is InChI=1S/C23H23FN4O3/c1-11-9-27-23(31-10-14-7-16(14)24)20-19(18(22(26)29)12(2)28-21(11)20)15-5-4-13(8-25)6-17(15)30-3/h4-6,9,14,16,19,28H,7,10H2,1-3H3,(H2,26,29). The van der Waals surface area contributed by atoms with Crippen molar-refractivity contribution in [3.8, 4) is 17.7 Å². The van der Waals surface area contributed by atoms with E-state index in [1.54, 1.807) is 31.3 Å². The number of nitrogens with two attached hydrogens (primary N) is 1. The van der Waals surface area contributed by atoms with Crippen LogP contribution in [0.1, 0.15) is 41.5 Å². The zero-order chi connectivity index (χ0) is 22.3. The van der Waals surface area contributed by atoms with E-state index in [1.165, 1.54) is 7.11 Å². The summed E-state index contributed by atoms with van der Waals surface area (Å²) in [5, 5.41) is 12.5.